The molecule has 0 bridgehead atoms. The molecule has 1 aliphatic rings. The van der Waals surface area contributed by atoms with Gasteiger partial charge in [-0.2, -0.15) is 0 Å². The van der Waals surface area contributed by atoms with Crippen LogP contribution in [0.25, 0.3) is 0 Å². The summed E-state index contributed by atoms with van der Waals surface area (Å²) in [7, 11) is 0. The van der Waals surface area contributed by atoms with Crippen LogP contribution in [0.2, 0.25) is 0 Å². The van der Waals surface area contributed by atoms with Crippen LogP contribution in [0.4, 0.5) is 0 Å². The lowest BCUT2D eigenvalue weighted by Crippen LogP contribution is -2.24. The second-order valence-electron chi connectivity index (χ2n) is 5.03. The summed E-state index contributed by atoms with van der Waals surface area (Å²) in [6.07, 6.45) is 5.31. The standard InChI is InChI=1S/C14H17Br3O/c1-9-3-2-4-11(5-9)18-14-12(16)6-10(8-15)7-13(14)17/h6-7,9,11H,2-5,8H2,1H3. The van der Waals surface area contributed by atoms with Crippen LogP contribution >= 0.6 is 47.8 Å². The lowest BCUT2D eigenvalue weighted by molar-refractivity contribution is 0.127. The maximum absolute atomic E-state index is 6.18. The molecule has 1 nitrogen and oxygen atoms in total. The number of hydrogen-bond donors (Lipinski definition) is 0. The van der Waals surface area contributed by atoms with E-state index < -0.39 is 0 Å². The maximum atomic E-state index is 6.18. The van der Waals surface area contributed by atoms with E-state index in [1.807, 2.05) is 0 Å². The summed E-state index contributed by atoms with van der Waals surface area (Å²) in [6, 6.07) is 4.22. The second-order valence-corrected chi connectivity index (χ2v) is 7.30. The van der Waals surface area contributed by atoms with Crippen molar-refractivity contribution in [2.75, 3.05) is 0 Å². The van der Waals surface area contributed by atoms with E-state index in [4.69, 9.17) is 4.74 Å². The van der Waals surface area contributed by atoms with Gasteiger partial charge in [0.25, 0.3) is 0 Å². The van der Waals surface area contributed by atoms with Gasteiger partial charge in [-0.15, -0.1) is 0 Å². The fourth-order valence-corrected chi connectivity index (χ4v) is 4.25. The molecular weight excluding hydrogens is 424 g/mol. The van der Waals surface area contributed by atoms with Crippen LogP contribution in [0.3, 0.4) is 0 Å². The van der Waals surface area contributed by atoms with Crippen molar-refractivity contribution in [2.24, 2.45) is 5.92 Å². The first kappa shape index (κ1) is 14.9. The summed E-state index contributed by atoms with van der Waals surface area (Å²) < 4.78 is 8.24. The summed E-state index contributed by atoms with van der Waals surface area (Å²) >= 11 is 10.7. The first-order valence-electron chi connectivity index (χ1n) is 6.30. The van der Waals surface area contributed by atoms with Crippen molar-refractivity contribution in [3.05, 3.63) is 26.6 Å². The summed E-state index contributed by atoms with van der Waals surface area (Å²) in [5.41, 5.74) is 1.23. The van der Waals surface area contributed by atoms with E-state index >= 15 is 0 Å². The van der Waals surface area contributed by atoms with Crippen LogP contribution in [0, 0.1) is 5.92 Å². The molecule has 0 heterocycles. The normalized spacial score (nSPS) is 24.0. The Kier molecular flexibility index (Phi) is 5.58. The van der Waals surface area contributed by atoms with E-state index in [9.17, 15) is 0 Å². The fourth-order valence-electron chi connectivity index (χ4n) is 2.45. The minimum atomic E-state index is 0.358. The Bertz CT molecular complexity index is 396. The Morgan fingerprint density at radius 2 is 1.89 bits per heavy atom. The highest BCUT2D eigenvalue weighted by Crippen LogP contribution is 2.38. The lowest BCUT2D eigenvalue weighted by Gasteiger charge is -2.28. The quantitative estimate of drug-likeness (QED) is 0.519. The van der Waals surface area contributed by atoms with Crippen molar-refractivity contribution in [3.8, 4) is 5.75 Å². The van der Waals surface area contributed by atoms with Gasteiger partial charge in [0.05, 0.1) is 15.0 Å². The Morgan fingerprint density at radius 3 is 2.44 bits per heavy atom. The van der Waals surface area contributed by atoms with Gasteiger partial charge in [0.2, 0.25) is 0 Å². The van der Waals surface area contributed by atoms with E-state index in [0.29, 0.717) is 6.10 Å². The van der Waals surface area contributed by atoms with Gasteiger partial charge in [-0.3, -0.25) is 0 Å². The third-order valence-corrected chi connectivity index (χ3v) is 5.21. The first-order chi connectivity index (χ1) is 8.60. The molecule has 0 spiro atoms. The zero-order chi connectivity index (χ0) is 13.1. The molecule has 18 heavy (non-hydrogen) atoms. The minimum Gasteiger partial charge on any atom is -0.488 e. The van der Waals surface area contributed by atoms with Gasteiger partial charge < -0.3 is 4.74 Å². The van der Waals surface area contributed by atoms with E-state index in [2.05, 4.69) is 66.8 Å². The molecule has 2 unspecified atom stereocenters. The largest absolute Gasteiger partial charge is 0.488 e. The van der Waals surface area contributed by atoms with E-state index in [1.165, 1.54) is 31.2 Å². The summed E-state index contributed by atoms with van der Waals surface area (Å²) in [5.74, 6) is 1.72. The molecule has 1 fully saturated rings. The molecule has 0 aliphatic heterocycles. The molecule has 1 aliphatic carbocycles. The third-order valence-electron chi connectivity index (χ3n) is 3.39. The zero-order valence-electron chi connectivity index (χ0n) is 10.4. The van der Waals surface area contributed by atoms with Crippen molar-refractivity contribution in [3.63, 3.8) is 0 Å². The van der Waals surface area contributed by atoms with Crippen molar-refractivity contribution in [1.82, 2.24) is 0 Å². The number of alkyl halides is 1. The molecule has 0 N–H and O–H groups in total. The zero-order valence-corrected chi connectivity index (χ0v) is 15.1. The molecule has 1 saturated carbocycles. The number of rotatable bonds is 3. The van der Waals surface area contributed by atoms with Gasteiger partial charge in [0.1, 0.15) is 5.75 Å². The highest BCUT2D eigenvalue weighted by atomic mass is 79.9. The van der Waals surface area contributed by atoms with Crippen LogP contribution in [-0.2, 0) is 5.33 Å². The van der Waals surface area contributed by atoms with E-state index in [1.54, 1.807) is 0 Å². The highest BCUT2D eigenvalue weighted by molar-refractivity contribution is 9.11. The fraction of sp³-hybridized carbons (Fsp3) is 0.571. The summed E-state index contributed by atoms with van der Waals surface area (Å²) in [4.78, 5) is 0. The Balaban J connectivity index is 2.13. The molecule has 0 aromatic heterocycles. The molecule has 2 atom stereocenters. The molecular formula is C14H17Br3O. The minimum absolute atomic E-state index is 0.358. The predicted octanol–water partition coefficient (Wildman–Crippen LogP) is 6.06. The second kappa shape index (κ2) is 6.76. The van der Waals surface area contributed by atoms with Crippen LogP contribution in [0.15, 0.2) is 21.1 Å². The van der Waals surface area contributed by atoms with Crippen molar-refractivity contribution < 1.29 is 4.74 Å². The van der Waals surface area contributed by atoms with E-state index in [0.717, 1.165) is 25.9 Å². The van der Waals surface area contributed by atoms with Crippen LogP contribution in [0.1, 0.15) is 38.2 Å². The number of ether oxygens (including phenoxy) is 1. The SMILES string of the molecule is CC1CCCC(Oc2c(Br)cc(CBr)cc2Br)C1. The van der Waals surface area contributed by atoms with Crippen molar-refractivity contribution in [2.45, 2.75) is 44.0 Å². The van der Waals surface area contributed by atoms with Crippen LogP contribution in [0.5, 0.6) is 5.75 Å². The maximum Gasteiger partial charge on any atom is 0.148 e. The summed E-state index contributed by atoms with van der Waals surface area (Å²) in [6.45, 7) is 2.31. The van der Waals surface area contributed by atoms with Crippen molar-refractivity contribution >= 4 is 47.8 Å². The Hall–Kier alpha value is 0.460. The van der Waals surface area contributed by atoms with Gasteiger partial charge in [-0.25, -0.2) is 0 Å². The molecule has 0 radical (unpaired) electrons. The topological polar surface area (TPSA) is 9.23 Å². The average molecular weight is 441 g/mol. The molecule has 100 valence electrons. The van der Waals surface area contributed by atoms with Gasteiger partial charge in [-0.1, -0.05) is 29.3 Å². The molecule has 1 aromatic carbocycles. The van der Waals surface area contributed by atoms with Crippen LogP contribution < -0.4 is 4.74 Å². The predicted molar refractivity (Wildman–Crippen MR) is 86.5 cm³/mol. The molecule has 4 heteroatoms. The van der Waals surface area contributed by atoms with Crippen molar-refractivity contribution in [1.29, 1.82) is 0 Å². The first-order valence-corrected chi connectivity index (χ1v) is 9.01. The lowest BCUT2D eigenvalue weighted by atomic mass is 9.89. The van der Waals surface area contributed by atoms with Gasteiger partial charge in [0.15, 0.2) is 0 Å². The van der Waals surface area contributed by atoms with Crippen LogP contribution in [-0.4, -0.2) is 6.10 Å². The molecule has 1 aromatic rings. The number of benzene rings is 1. The third kappa shape index (κ3) is 3.73. The Labute approximate surface area is 134 Å². The number of halogens is 3. The smallest absolute Gasteiger partial charge is 0.148 e. The van der Waals surface area contributed by atoms with Gasteiger partial charge >= 0.3 is 0 Å². The Morgan fingerprint density at radius 1 is 1.22 bits per heavy atom. The average Bonchev–Trinajstić information content (AvgIpc) is 2.33. The monoisotopic (exact) mass is 438 g/mol. The number of hydrogen-bond acceptors (Lipinski definition) is 1. The summed E-state index contributed by atoms with van der Waals surface area (Å²) in [5, 5.41) is 0.852. The van der Waals surface area contributed by atoms with Gasteiger partial charge in [0, 0.05) is 5.33 Å². The molecule has 2 rings (SSSR count). The highest BCUT2D eigenvalue weighted by Gasteiger charge is 2.22. The molecule has 0 saturated heterocycles. The van der Waals surface area contributed by atoms with E-state index in [-0.39, 0.29) is 0 Å². The van der Waals surface area contributed by atoms with Gasteiger partial charge in [-0.05, 0) is 74.7 Å². The molecule has 0 amide bonds.